The zero-order chi connectivity index (χ0) is 21.7. The van der Waals surface area contributed by atoms with Crippen LogP contribution in [0.1, 0.15) is 36.9 Å². The van der Waals surface area contributed by atoms with Gasteiger partial charge in [-0.05, 0) is 48.4 Å². The smallest absolute Gasteiger partial charge is 0.295 e. The molecular formula is C23H24FNO5. The molecule has 2 N–H and O–H groups in total. The van der Waals surface area contributed by atoms with Crippen LogP contribution in [0.15, 0.2) is 54.1 Å². The molecule has 7 heteroatoms. The molecule has 0 aliphatic carbocycles. The number of hydrogen-bond acceptors (Lipinski definition) is 5. The number of rotatable bonds is 8. The van der Waals surface area contributed by atoms with Gasteiger partial charge in [0.25, 0.3) is 11.7 Å². The van der Waals surface area contributed by atoms with Gasteiger partial charge in [-0.1, -0.05) is 25.5 Å². The van der Waals surface area contributed by atoms with Crippen LogP contribution < -0.4 is 4.74 Å². The third-order valence-corrected chi connectivity index (χ3v) is 4.94. The summed E-state index contributed by atoms with van der Waals surface area (Å²) in [6.45, 7) is 2.29. The SMILES string of the molecule is CCCCN1C(=O)C(=O)/C(=C(\O)c2ccc(F)cc2)C1c1cccc(OCCO)c1. The number of Topliss-reactive ketones (excluding diaryl/α,β-unsaturated/α-hetero) is 1. The minimum Gasteiger partial charge on any atom is -0.507 e. The summed E-state index contributed by atoms with van der Waals surface area (Å²) in [5, 5.41) is 19.9. The number of nitrogens with zero attached hydrogens (tertiary/aromatic N) is 1. The average molecular weight is 413 g/mol. The molecule has 30 heavy (non-hydrogen) atoms. The van der Waals surface area contributed by atoms with E-state index in [4.69, 9.17) is 9.84 Å². The summed E-state index contributed by atoms with van der Waals surface area (Å²) in [5.41, 5.74) is 0.814. The van der Waals surface area contributed by atoms with Gasteiger partial charge in [-0.2, -0.15) is 0 Å². The van der Waals surface area contributed by atoms with Gasteiger partial charge in [-0.25, -0.2) is 4.39 Å². The Balaban J connectivity index is 2.11. The van der Waals surface area contributed by atoms with Crippen LogP contribution in [0, 0.1) is 5.82 Å². The van der Waals surface area contributed by atoms with Crippen LogP contribution in [0.5, 0.6) is 5.75 Å². The molecule has 2 aromatic rings. The second kappa shape index (κ2) is 9.54. The predicted molar refractivity (Wildman–Crippen MR) is 109 cm³/mol. The standard InChI is InChI=1S/C23H24FNO5/c1-2-3-11-25-20(16-5-4-6-18(14-16)30-13-12-26)19(22(28)23(25)29)21(27)15-7-9-17(24)10-8-15/h4-10,14,20,26-27H,2-3,11-13H2,1H3/b21-19-. The molecule has 6 nitrogen and oxygen atoms in total. The number of carbonyl (C=O) groups is 2. The topological polar surface area (TPSA) is 87.1 Å². The van der Waals surface area contributed by atoms with E-state index in [9.17, 15) is 19.1 Å². The summed E-state index contributed by atoms with van der Waals surface area (Å²) in [6, 6.07) is 11.2. The van der Waals surface area contributed by atoms with Crippen molar-refractivity contribution < 1.29 is 28.9 Å². The van der Waals surface area contributed by atoms with Crippen molar-refractivity contribution in [3.8, 4) is 5.75 Å². The predicted octanol–water partition coefficient (Wildman–Crippen LogP) is 3.42. The first-order valence-corrected chi connectivity index (χ1v) is 9.86. The first kappa shape index (κ1) is 21.5. The van der Waals surface area contributed by atoms with Crippen molar-refractivity contribution in [2.24, 2.45) is 0 Å². The van der Waals surface area contributed by atoms with Crippen LogP contribution in [0.4, 0.5) is 4.39 Å². The fraction of sp³-hybridized carbons (Fsp3) is 0.304. The molecule has 3 rings (SSSR count). The van der Waals surface area contributed by atoms with Gasteiger partial charge in [0.1, 0.15) is 23.9 Å². The largest absolute Gasteiger partial charge is 0.507 e. The van der Waals surface area contributed by atoms with Gasteiger partial charge in [0.15, 0.2) is 0 Å². The van der Waals surface area contributed by atoms with Crippen molar-refractivity contribution in [1.29, 1.82) is 0 Å². The highest BCUT2D eigenvalue weighted by Crippen LogP contribution is 2.40. The van der Waals surface area contributed by atoms with Gasteiger partial charge in [-0.3, -0.25) is 9.59 Å². The monoisotopic (exact) mass is 413 g/mol. The molecule has 1 unspecified atom stereocenters. The number of carbonyl (C=O) groups excluding carboxylic acids is 2. The Labute approximate surface area is 174 Å². The summed E-state index contributed by atoms with van der Waals surface area (Å²) >= 11 is 0. The van der Waals surface area contributed by atoms with Crippen molar-refractivity contribution in [3.63, 3.8) is 0 Å². The fourth-order valence-electron chi connectivity index (χ4n) is 3.49. The number of aliphatic hydroxyl groups excluding tert-OH is 2. The lowest BCUT2D eigenvalue weighted by Gasteiger charge is -2.25. The fourth-order valence-corrected chi connectivity index (χ4v) is 3.49. The second-order valence-electron chi connectivity index (χ2n) is 7.00. The van der Waals surface area contributed by atoms with Crippen molar-refractivity contribution in [2.45, 2.75) is 25.8 Å². The van der Waals surface area contributed by atoms with Crippen molar-refractivity contribution in [1.82, 2.24) is 4.90 Å². The van der Waals surface area contributed by atoms with E-state index < -0.39 is 23.5 Å². The van der Waals surface area contributed by atoms with Gasteiger partial charge < -0.3 is 19.8 Å². The van der Waals surface area contributed by atoms with Gasteiger partial charge in [-0.15, -0.1) is 0 Å². The highest BCUT2D eigenvalue weighted by atomic mass is 19.1. The average Bonchev–Trinajstić information content (AvgIpc) is 3.01. The lowest BCUT2D eigenvalue weighted by Crippen LogP contribution is -2.30. The first-order chi connectivity index (χ1) is 14.5. The normalized spacial score (nSPS) is 18.1. The van der Waals surface area contributed by atoms with Crippen LogP contribution in [0.2, 0.25) is 0 Å². The summed E-state index contributed by atoms with van der Waals surface area (Å²) in [4.78, 5) is 27.1. The van der Waals surface area contributed by atoms with Gasteiger partial charge in [0.05, 0.1) is 18.2 Å². The third kappa shape index (κ3) is 4.36. The molecule has 0 spiro atoms. The van der Waals surface area contributed by atoms with Gasteiger partial charge in [0, 0.05) is 12.1 Å². The first-order valence-electron chi connectivity index (χ1n) is 9.86. The zero-order valence-corrected chi connectivity index (χ0v) is 16.7. The molecule has 0 radical (unpaired) electrons. The maximum atomic E-state index is 13.3. The summed E-state index contributed by atoms with van der Waals surface area (Å²) in [7, 11) is 0. The molecule has 1 heterocycles. The molecule has 1 amide bonds. The molecule has 1 fully saturated rings. The molecule has 158 valence electrons. The van der Waals surface area contributed by atoms with E-state index in [0.29, 0.717) is 24.3 Å². The van der Waals surface area contributed by atoms with E-state index in [-0.39, 0.29) is 30.1 Å². The van der Waals surface area contributed by atoms with E-state index >= 15 is 0 Å². The Hall–Kier alpha value is -3.19. The number of amides is 1. The van der Waals surface area contributed by atoms with E-state index in [2.05, 4.69) is 0 Å². The van der Waals surface area contributed by atoms with Crippen LogP contribution in [-0.4, -0.2) is 46.6 Å². The summed E-state index contributed by atoms with van der Waals surface area (Å²) in [6.07, 6.45) is 1.52. The minimum absolute atomic E-state index is 0.0398. The zero-order valence-electron chi connectivity index (χ0n) is 16.7. The summed E-state index contributed by atoms with van der Waals surface area (Å²) in [5.74, 6) is -1.80. The molecule has 0 saturated carbocycles. The molecule has 1 atom stereocenters. The Kier molecular flexibility index (Phi) is 6.84. The molecule has 1 aliphatic heterocycles. The quantitative estimate of drug-likeness (QED) is 0.393. The maximum absolute atomic E-state index is 13.3. The number of unbranched alkanes of at least 4 members (excludes halogenated alkanes) is 1. The van der Waals surface area contributed by atoms with Crippen LogP contribution in [0.25, 0.3) is 5.76 Å². The molecule has 2 aromatic carbocycles. The molecule has 0 bridgehead atoms. The van der Waals surface area contributed by atoms with Crippen LogP contribution in [-0.2, 0) is 9.59 Å². The van der Waals surface area contributed by atoms with E-state index in [1.54, 1.807) is 24.3 Å². The summed E-state index contributed by atoms with van der Waals surface area (Å²) < 4.78 is 18.8. The molecule has 0 aromatic heterocycles. The van der Waals surface area contributed by atoms with E-state index in [1.807, 2.05) is 6.92 Å². The van der Waals surface area contributed by atoms with E-state index in [1.165, 1.54) is 29.2 Å². The Morgan fingerprint density at radius 1 is 1.17 bits per heavy atom. The minimum atomic E-state index is -0.792. The highest BCUT2D eigenvalue weighted by Gasteiger charge is 2.45. The van der Waals surface area contributed by atoms with Crippen molar-refractivity contribution in [3.05, 3.63) is 71.0 Å². The second-order valence-corrected chi connectivity index (χ2v) is 7.00. The molecule has 1 saturated heterocycles. The Morgan fingerprint density at radius 2 is 1.90 bits per heavy atom. The molecular weight excluding hydrogens is 389 g/mol. The van der Waals surface area contributed by atoms with Crippen LogP contribution >= 0.6 is 0 Å². The number of ketones is 1. The van der Waals surface area contributed by atoms with Crippen molar-refractivity contribution in [2.75, 3.05) is 19.8 Å². The lowest BCUT2D eigenvalue weighted by atomic mass is 9.95. The maximum Gasteiger partial charge on any atom is 0.295 e. The third-order valence-electron chi connectivity index (χ3n) is 4.94. The highest BCUT2D eigenvalue weighted by molar-refractivity contribution is 6.46. The number of benzene rings is 2. The number of aliphatic hydroxyl groups is 2. The van der Waals surface area contributed by atoms with Crippen molar-refractivity contribution >= 4 is 17.4 Å². The Bertz CT molecular complexity index is 954. The lowest BCUT2D eigenvalue weighted by molar-refractivity contribution is -0.139. The number of ether oxygens (including phenoxy) is 1. The van der Waals surface area contributed by atoms with Gasteiger partial charge >= 0.3 is 0 Å². The van der Waals surface area contributed by atoms with Crippen LogP contribution in [0.3, 0.4) is 0 Å². The van der Waals surface area contributed by atoms with E-state index in [0.717, 1.165) is 6.42 Å². The number of hydrogen-bond donors (Lipinski definition) is 2. The number of halogens is 1. The molecule has 1 aliphatic rings. The number of likely N-dealkylation sites (tertiary alicyclic amines) is 1. The Morgan fingerprint density at radius 3 is 2.57 bits per heavy atom. The van der Waals surface area contributed by atoms with Gasteiger partial charge in [0.2, 0.25) is 0 Å².